The van der Waals surface area contributed by atoms with Gasteiger partial charge in [0.2, 0.25) is 0 Å². The molecule has 11 heavy (non-hydrogen) atoms. The molecule has 0 bridgehead atoms. The predicted octanol–water partition coefficient (Wildman–Crippen LogP) is 0.797. The van der Waals surface area contributed by atoms with Crippen LogP contribution in [0.2, 0.25) is 0 Å². The van der Waals surface area contributed by atoms with Gasteiger partial charge in [-0.2, -0.15) is 0 Å². The Morgan fingerprint density at radius 1 is 1.36 bits per heavy atom. The largest absolute Gasteiger partial charge is 0.254 e. The van der Waals surface area contributed by atoms with E-state index < -0.39 is 15.8 Å². The highest BCUT2D eigenvalue weighted by molar-refractivity contribution is 7.88. The van der Waals surface area contributed by atoms with Crippen molar-refractivity contribution in [1.29, 1.82) is 0 Å². The maximum Gasteiger partial charge on any atom is 0.254 e. The Bertz CT molecular complexity index is 361. The van der Waals surface area contributed by atoms with Gasteiger partial charge in [-0.3, -0.25) is 0 Å². The van der Waals surface area contributed by atoms with Crippen LogP contribution in [-0.2, 0) is 10.0 Å². The normalized spacial score (nSPS) is 11.5. The van der Waals surface area contributed by atoms with E-state index >= 15 is 0 Å². The third kappa shape index (κ3) is 1.99. The molecule has 0 saturated carbocycles. The lowest BCUT2D eigenvalue weighted by Gasteiger charge is -1.94. The van der Waals surface area contributed by atoms with Crippen molar-refractivity contribution in [1.82, 2.24) is 5.14 Å². The summed E-state index contributed by atoms with van der Waals surface area (Å²) in [4.78, 5) is -0.322. The molecule has 3 nitrogen and oxygen atoms in total. The Kier molecular flexibility index (Phi) is 1.92. The lowest BCUT2D eigenvalue weighted by molar-refractivity contribution is 0.591. The van der Waals surface area contributed by atoms with Crippen molar-refractivity contribution in [2.24, 2.45) is 0 Å². The number of rotatable bonds is 1. The van der Waals surface area contributed by atoms with Gasteiger partial charge in [-0.05, 0) is 18.2 Å². The number of hydrogen-bond acceptors (Lipinski definition) is 2. The van der Waals surface area contributed by atoms with Crippen LogP contribution in [-0.4, -0.2) is 8.42 Å². The molecule has 0 saturated heterocycles. The summed E-state index contributed by atoms with van der Waals surface area (Å²) in [5.41, 5.74) is 0. The molecular formula is C6H5FNO2S. The second-order valence-corrected chi connectivity index (χ2v) is 3.44. The zero-order valence-corrected chi connectivity index (χ0v) is 6.23. The first kappa shape index (κ1) is 8.16. The molecule has 0 atom stereocenters. The second-order valence-electron chi connectivity index (χ2n) is 1.96. The monoisotopic (exact) mass is 174 g/mol. The van der Waals surface area contributed by atoms with Gasteiger partial charge in [-0.15, -0.1) is 5.14 Å². The fourth-order valence-corrected chi connectivity index (χ4v) is 1.16. The summed E-state index contributed by atoms with van der Waals surface area (Å²) in [6, 6.07) is 4.35. The molecule has 0 amide bonds. The molecule has 59 valence electrons. The highest BCUT2D eigenvalue weighted by Crippen LogP contribution is 2.08. The number of nitrogens with one attached hydrogen (secondary N) is 1. The van der Waals surface area contributed by atoms with E-state index in [0.717, 1.165) is 12.1 Å². The third-order valence-corrected chi connectivity index (χ3v) is 1.98. The maximum atomic E-state index is 12.3. The number of hydrogen-bond donors (Lipinski definition) is 0. The summed E-state index contributed by atoms with van der Waals surface area (Å²) in [6.45, 7) is 0. The maximum absolute atomic E-state index is 12.3. The minimum absolute atomic E-state index is 0.322. The molecule has 0 aliphatic heterocycles. The highest BCUT2D eigenvalue weighted by atomic mass is 32.2. The van der Waals surface area contributed by atoms with E-state index in [2.05, 4.69) is 0 Å². The van der Waals surface area contributed by atoms with E-state index in [1.165, 1.54) is 12.1 Å². The molecule has 5 heteroatoms. The molecule has 0 aromatic heterocycles. The molecule has 1 N–H and O–H groups in total. The molecule has 0 fully saturated rings. The van der Waals surface area contributed by atoms with Crippen LogP contribution in [0.3, 0.4) is 0 Å². The predicted molar refractivity (Wildman–Crippen MR) is 36.7 cm³/mol. The first-order chi connectivity index (χ1) is 5.00. The highest BCUT2D eigenvalue weighted by Gasteiger charge is 2.07. The van der Waals surface area contributed by atoms with Gasteiger partial charge in [0, 0.05) is 0 Å². The van der Waals surface area contributed by atoms with Gasteiger partial charge >= 0.3 is 0 Å². The summed E-state index contributed by atoms with van der Waals surface area (Å²) in [5, 5.41) is 6.58. The Balaban J connectivity index is 3.28. The lowest BCUT2D eigenvalue weighted by atomic mass is 10.4. The number of sulfonamides is 1. The molecule has 0 spiro atoms. The van der Waals surface area contributed by atoms with Crippen LogP contribution in [0, 0.1) is 5.82 Å². The minimum atomic E-state index is -4.02. The van der Waals surface area contributed by atoms with Crippen LogP contribution >= 0.6 is 0 Å². The molecule has 1 radical (unpaired) electrons. The van der Waals surface area contributed by atoms with Crippen molar-refractivity contribution in [3.05, 3.63) is 30.1 Å². The summed E-state index contributed by atoms with van der Waals surface area (Å²) < 4.78 is 33.3. The average molecular weight is 174 g/mol. The summed E-state index contributed by atoms with van der Waals surface area (Å²) in [5.74, 6) is -0.654. The smallest absolute Gasteiger partial charge is 0.207 e. The molecule has 1 aromatic rings. The molecule has 0 heterocycles. The van der Waals surface area contributed by atoms with Crippen molar-refractivity contribution in [2.75, 3.05) is 0 Å². The van der Waals surface area contributed by atoms with Crippen molar-refractivity contribution in [2.45, 2.75) is 4.90 Å². The van der Waals surface area contributed by atoms with Crippen molar-refractivity contribution >= 4 is 10.0 Å². The molecule has 0 aliphatic carbocycles. The molecular weight excluding hydrogens is 169 g/mol. The van der Waals surface area contributed by atoms with Crippen LogP contribution in [0.15, 0.2) is 29.2 Å². The average Bonchev–Trinajstić information content (AvgIpc) is 1.86. The number of halogens is 1. The van der Waals surface area contributed by atoms with Crippen LogP contribution in [0.25, 0.3) is 0 Å². The Morgan fingerprint density at radius 2 is 2.00 bits per heavy atom. The van der Waals surface area contributed by atoms with E-state index in [0.29, 0.717) is 0 Å². The van der Waals surface area contributed by atoms with Crippen LogP contribution < -0.4 is 5.14 Å². The quantitative estimate of drug-likeness (QED) is 0.632. The first-order valence-corrected chi connectivity index (χ1v) is 4.24. The van der Waals surface area contributed by atoms with Gasteiger partial charge < -0.3 is 0 Å². The molecule has 1 rings (SSSR count). The van der Waals surface area contributed by atoms with Gasteiger partial charge in [0.1, 0.15) is 5.82 Å². The van der Waals surface area contributed by atoms with Gasteiger partial charge in [0.15, 0.2) is 0 Å². The third-order valence-electron chi connectivity index (χ3n) is 1.11. The Labute approximate surface area is 63.7 Å². The zero-order valence-electron chi connectivity index (χ0n) is 5.41. The molecule has 1 aromatic carbocycles. The SMILES string of the molecule is [NH]S(=O)(=O)c1cccc(F)c1. The summed E-state index contributed by atoms with van der Waals surface area (Å²) in [6.07, 6.45) is 0. The Morgan fingerprint density at radius 3 is 2.36 bits per heavy atom. The van der Waals surface area contributed by atoms with Crippen molar-refractivity contribution < 1.29 is 12.8 Å². The van der Waals surface area contributed by atoms with Crippen molar-refractivity contribution in [3.63, 3.8) is 0 Å². The van der Waals surface area contributed by atoms with Crippen LogP contribution in [0.5, 0.6) is 0 Å². The molecule has 0 aliphatic rings. The van der Waals surface area contributed by atoms with Gasteiger partial charge in [-0.1, -0.05) is 6.07 Å². The van der Waals surface area contributed by atoms with E-state index in [4.69, 9.17) is 5.14 Å². The van der Waals surface area contributed by atoms with Crippen LogP contribution in [0.4, 0.5) is 4.39 Å². The zero-order chi connectivity index (χ0) is 8.48. The van der Waals surface area contributed by atoms with Gasteiger partial charge in [0.05, 0.1) is 4.90 Å². The van der Waals surface area contributed by atoms with Crippen LogP contribution in [0.1, 0.15) is 0 Å². The fourth-order valence-electron chi connectivity index (χ4n) is 0.634. The second kappa shape index (κ2) is 2.60. The number of benzene rings is 1. The van der Waals surface area contributed by atoms with Gasteiger partial charge in [0.25, 0.3) is 10.0 Å². The first-order valence-electron chi connectivity index (χ1n) is 2.75. The fraction of sp³-hybridized carbons (Fsp3) is 0. The van der Waals surface area contributed by atoms with E-state index in [9.17, 15) is 12.8 Å². The summed E-state index contributed by atoms with van der Waals surface area (Å²) in [7, 11) is -4.02. The standard InChI is InChI=1S/C6H5FNO2S/c7-5-2-1-3-6(4-5)11(8,9)10/h1-4,8H. The lowest BCUT2D eigenvalue weighted by Crippen LogP contribution is -2.00. The minimum Gasteiger partial charge on any atom is -0.207 e. The Hall–Kier alpha value is -0.940. The van der Waals surface area contributed by atoms with E-state index in [1.807, 2.05) is 0 Å². The molecule has 0 unspecified atom stereocenters. The topological polar surface area (TPSA) is 57.9 Å². The van der Waals surface area contributed by atoms with Gasteiger partial charge in [-0.25, -0.2) is 12.8 Å². The van der Waals surface area contributed by atoms with E-state index in [1.54, 1.807) is 0 Å². The van der Waals surface area contributed by atoms with E-state index in [-0.39, 0.29) is 4.90 Å². The van der Waals surface area contributed by atoms with Crippen molar-refractivity contribution in [3.8, 4) is 0 Å². The summed E-state index contributed by atoms with van der Waals surface area (Å²) >= 11 is 0.